The molecule has 0 amide bonds. The van der Waals surface area contributed by atoms with E-state index in [2.05, 4.69) is 42.1 Å². The van der Waals surface area contributed by atoms with Crippen molar-refractivity contribution in [3.63, 3.8) is 0 Å². The molecule has 4 heteroatoms. The first-order valence-electron chi connectivity index (χ1n) is 7.59. The van der Waals surface area contributed by atoms with E-state index in [0.717, 1.165) is 32.4 Å². The highest BCUT2D eigenvalue weighted by molar-refractivity contribution is 5.05. The molecule has 1 fully saturated rings. The monoisotopic (exact) mass is 266 g/mol. The van der Waals surface area contributed by atoms with Crippen LogP contribution in [0, 0.1) is 11.3 Å². The van der Waals surface area contributed by atoms with Gasteiger partial charge in [-0.05, 0) is 66.3 Å². The summed E-state index contributed by atoms with van der Waals surface area (Å²) >= 11 is 0. The highest BCUT2D eigenvalue weighted by atomic mass is 15.2. The lowest BCUT2D eigenvalue weighted by Gasteiger charge is -2.30. The maximum atomic E-state index is 9.31. The molecule has 2 unspecified atom stereocenters. The zero-order valence-corrected chi connectivity index (χ0v) is 13.1. The average molecular weight is 266 g/mol. The molecule has 19 heavy (non-hydrogen) atoms. The second-order valence-corrected chi connectivity index (χ2v) is 5.90. The Labute approximate surface area is 118 Å². The second kappa shape index (κ2) is 7.84. The van der Waals surface area contributed by atoms with Crippen molar-refractivity contribution in [1.29, 1.82) is 5.26 Å². The van der Waals surface area contributed by atoms with E-state index in [1.54, 1.807) is 0 Å². The van der Waals surface area contributed by atoms with Crippen molar-refractivity contribution in [2.45, 2.75) is 51.1 Å². The molecule has 0 bridgehead atoms. The normalized spacial score (nSPS) is 25.5. The third-order valence-electron chi connectivity index (χ3n) is 4.53. The van der Waals surface area contributed by atoms with E-state index in [9.17, 15) is 5.26 Å². The van der Waals surface area contributed by atoms with Gasteiger partial charge in [-0.1, -0.05) is 6.92 Å². The fourth-order valence-electron chi connectivity index (χ4n) is 3.01. The van der Waals surface area contributed by atoms with Crippen molar-refractivity contribution in [3.05, 3.63) is 0 Å². The van der Waals surface area contributed by atoms with Crippen LogP contribution in [0.4, 0.5) is 0 Å². The lowest BCUT2D eigenvalue weighted by molar-refractivity contribution is 0.193. The second-order valence-electron chi connectivity index (χ2n) is 5.90. The van der Waals surface area contributed by atoms with Crippen LogP contribution in [-0.4, -0.2) is 61.7 Å². The van der Waals surface area contributed by atoms with Gasteiger partial charge in [0.15, 0.2) is 0 Å². The molecule has 0 radical (unpaired) electrons. The Balaban J connectivity index is 2.41. The summed E-state index contributed by atoms with van der Waals surface area (Å²) in [7, 11) is 4.11. The zero-order valence-electron chi connectivity index (χ0n) is 13.1. The van der Waals surface area contributed by atoms with Crippen LogP contribution < -0.4 is 5.32 Å². The molecule has 1 saturated heterocycles. The van der Waals surface area contributed by atoms with Crippen molar-refractivity contribution >= 4 is 0 Å². The van der Waals surface area contributed by atoms with Crippen LogP contribution in [0.15, 0.2) is 0 Å². The van der Waals surface area contributed by atoms with Crippen LogP contribution in [0.25, 0.3) is 0 Å². The summed E-state index contributed by atoms with van der Waals surface area (Å²) in [6.45, 7) is 9.06. The van der Waals surface area contributed by atoms with Gasteiger partial charge in [0.25, 0.3) is 0 Å². The van der Waals surface area contributed by atoms with Crippen molar-refractivity contribution in [1.82, 2.24) is 15.1 Å². The molecule has 0 aromatic rings. The Bertz CT molecular complexity index is 293. The third-order valence-corrected chi connectivity index (χ3v) is 4.53. The summed E-state index contributed by atoms with van der Waals surface area (Å²) < 4.78 is 0. The van der Waals surface area contributed by atoms with Crippen molar-refractivity contribution < 1.29 is 0 Å². The molecule has 2 atom stereocenters. The molecular formula is C15H30N4. The first-order valence-corrected chi connectivity index (χ1v) is 7.59. The number of nitrogens with one attached hydrogen (secondary N) is 1. The predicted octanol–water partition coefficient (Wildman–Crippen LogP) is 1.68. The Kier molecular flexibility index (Phi) is 6.78. The number of hydrogen-bond donors (Lipinski definition) is 1. The van der Waals surface area contributed by atoms with Crippen molar-refractivity contribution in [2.75, 3.05) is 40.3 Å². The van der Waals surface area contributed by atoms with Crippen LogP contribution in [0.1, 0.15) is 39.5 Å². The van der Waals surface area contributed by atoms with E-state index in [0.29, 0.717) is 6.04 Å². The van der Waals surface area contributed by atoms with Gasteiger partial charge in [0, 0.05) is 12.6 Å². The molecule has 110 valence electrons. The minimum Gasteiger partial charge on any atom is -0.305 e. The van der Waals surface area contributed by atoms with E-state index in [1.807, 2.05) is 7.05 Å². The van der Waals surface area contributed by atoms with Gasteiger partial charge in [-0.15, -0.1) is 0 Å². The topological polar surface area (TPSA) is 42.3 Å². The summed E-state index contributed by atoms with van der Waals surface area (Å²) in [5, 5.41) is 12.5. The lowest BCUT2D eigenvalue weighted by atomic mass is 9.92. The number of nitriles is 1. The molecule has 4 nitrogen and oxygen atoms in total. The fraction of sp³-hybridized carbons (Fsp3) is 0.933. The van der Waals surface area contributed by atoms with Crippen molar-refractivity contribution in [3.8, 4) is 6.07 Å². The third kappa shape index (κ3) is 4.76. The first kappa shape index (κ1) is 16.4. The number of likely N-dealkylation sites (N-methyl/N-ethyl adjacent to an activating group) is 1. The minimum absolute atomic E-state index is 0.328. The molecule has 1 heterocycles. The van der Waals surface area contributed by atoms with E-state index in [1.165, 1.54) is 19.5 Å². The molecule has 0 aliphatic carbocycles. The summed E-state index contributed by atoms with van der Waals surface area (Å²) in [6, 6.07) is 3.07. The minimum atomic E-state index is -0.328. The van der Waals surface area contributed by atoms with Gasteiger partial charge >= 0.3 is 0 Å². The quantitative estimate of drug-likeness (QED) is 0.794. The Morgan fingerprint density at radius 1 is 1.42 bits per heavy atom. The van der Waals surface area contributed by atoms with E-state index < -0.39 is 0 Å². The standard InChI is InChI=1S/C15H30N4/c1-5-15(13-16,17-3)8-6-10-19-11-7-9-18(4)12-14(19)2/h14,17H,5-12H2,1-4H3. The predicted molar refractivity (Wildman–Crippen MR) is 80.1 cm³/mol. The van der Waals surface area contributed by atoms with Crippen LogP contribution in [0.5, 0.6) is 0 Å². The largest absolute Gasteiger partial charge is 0.305 e. The summed E-state index contributed by atoms with van der Waals surface area (Å²) in [4.78, 5) is 5.00. The SMILES string of the molecule is CCC(C#N)(CCCN1CCCN(C)CC1C)NC. The summed E-state index contributed by atoms with van der Waals surface area (Å²) in [5.41, 5.74) is -0.328. The number of hydrogen-bond acceptors (Lipinski definition) is 4. The summed E-state index contributed by atoms with van der Waals surface area (Å²) in [5.74, 6) is 0. The molecule has 0 aromatic heterocycles. The average Bonchev–Trinajstić information content (AvgIpc) is 2.57. The van der Waals surface area contributed by atoms with Crippen LogP contribution >= 0.6 is 0 Å². The van der Waals surface area contributed by atoms with Crippen LogP contribution in [-0.2, 0) is 0 Å². The van der Waals surface area contributed by atoms with Crippen molar-refractivity contribution in [2.24, 2.45) is 0 Å². The Morgan fingerprint density at radius 2 is 2.16 bits per heavy atom. The highest BCUT2D eigenvalue weighted by Crippen LogP contribution is 2.17. The molecule has 0 aromatic carbocycles. The molecular weight excluding hydrogens is 236 g/mol. The highest BCUT2D eigenvalue weighted by Gasteiger charge is 2.26. The number of nitrogens with zero attached hydrogens (tertiary/aromatic N) is 3. The molecule has 0 saturated carbocycles. The number of rotatable bonds is 6. The first-order chi connectivity index (χ1) is 9.06. The molecule has 0 spiro atoms. The van der Waals surface area contributed by atoms with E-state index in [4.69, 9.17) is 0 Å². The molecule has 1 N–H and O–H groups in total. The van der Waals surface area contributed by atoms with E-state index in [-0.39, 0.29) is 5.54 Å². The zero-order chi connectivity index (χ0) is 14.3. The van der Waals surface area contributed by atoms with Gasteiger partial charge in [0.2, 0.25) is 0 Å². The van der Waals surface area contributed by atoms with Crippen LogP contribution in [0.3, 0.4) is 0 Å². The van der Waals surface area contributed by atoms with Crippen LogP contribution in [0.2, 0.25) is 0 Å². The van der Waals surface area contributed by atoms with Gasteiger partial charge in [0.05, 0.1) is 6.07 Å². The maximum absolute atomic E-state index is 9.31. The Hall–Kier alpha value is -0.630. The van der Waals surface area contributed by atoms with Gasteiger partial charge in [-0.3, -0.25) is 4.90 Å². The van der Waals surface area contributed by atoms with Gasteiger partial charge in [-0.25, -0.2) is 0 Å². The Morgan fingerprint density at radius 3 is 2.74 bits per heavy atom. The van der Waals surface area contributed by atoms with E-state index >= 15 is 0 Å². The van der Waals surface area contributed by atoms with Gasteiger partial charge in [-0.2, -0.15) is 5.26 Å². The lowest BCUT2D eigenvalue weighted by Crippen LogP contribution is -2.43. The maximum Gasteiger partial charge on any atom is 0.106 e. The molecule has 1 aliphatic heterocycles. The molecule has 1 aliphatic rings. The summed E-state index contributed by atoms with van der Waals surface area (Å²) in [6.07, 6.45) is 4.16. The fourth-order valence-corrected chi connectivity index (χ4v) is 3.01. The smallest absolute Gasteiger partial charge is 0.106 e. The van der Waals surface area contributed by atoms with Gasteiger partial charge in [0.1, 0.15) is 5.54 Å². The molecule has 1 rings (SSSR count). The van der Waals surface area contributed by atoms with Gasteiger partial charge < -0.3 is 10.2 Å².